The van der Waals surface area contributed by atoms with E-state index in [-0.39, 0.29) is 11.5 Å². The zero-order valence-corrected chi connectivity index (χ0v) is 11.9. The van der Waals surface area contributed by atoms with Crippen LogP contribution >= 0.6 is 0 Å². The van der Waals surface area contributed by atoms with Crippen molar-refractivity contribution in [2.45, 2.75) is 19.4 Å². The van der Waals surface area contributed by atoms with Crippen LogP contribution in [0.25, 0.3) is 11.0 Å². The maximum atomic E-state index is 11.8. The molecule has 0 bridgehead atoms. The number of nitrogens with one attached hydrogen (secondary N) is 1. The van der Waals surface area contributed by atoms with E-state index in [9.17, 15) is 9.59 Å². The first-order chi connectivity index (χ1) is 10.0. The molecule has 112 valence electrons. The summed E-state index contributed by atoms with van der Waals surface area (Å²) in [5.74, 6) is -1.05. The van der Waals surface area contributed by atoms with E-state index in [1.165, 1.54) is 0 Å². The monoisotopic (exact) mass is 290 g/mol. The van der Waals surface area contributed by atoms with Gasteiger partial charge < -0.3 is 10.1 Å². The number of aryl methyl sites for hydroxylation is 1. The predicted molar refractivity (Wildman–Crippen MR) is 77.0 cm³/mol. The van der Waals surface area contributed by atoms with Crippen LogP contribution in [0.5, 0.6) is 0 Å². The third-order valence-corrected chi connectivity index (χ3v) is 4.08. The molecule has 1 unspecified atom stereocenters. The molecule has 3 heterocycles. The van der Waals surface area contributed by atoms with E-state index in [1.54, 1.807) is 24.0 Å². The second kappa shape index (κ2) is 5.33. The number of aromatic amines is 1. The van der Waals surface area contributed by atoms with Gasteiger partial charge in [-0.1, -0.05) is 0 Å². The normalized spacial score (nSPS) is 20.0. The molecule has 0 aromatic carbocycles. The fraction of sp³-hybridized carbons (Fsp3) is 0.500. The number of fused-ring (bicyclic) bond motifs is 1. The van der Waals surface area contributed by atoms with Crippen LogP contribution < -0.4 is 5.56 Å². The number of piperidine rings is 1. The quantitative estimate of drug-likeness (QED) is 0.862. The summed E-state index contributed by atoms with van der Waals surface area (Å²) in [7, 11) is 1.78. The van der Waals surface area contributed by atoms with Crippen LogP contribution in [0.4, 0.5) is 0 Å². The van der Waals surface area contributed by atoms with E-state index >= 15 is 0 Å². The standard InChI is InChI=1S/C14H18N4O3/c1-17-13-11(6-15-17)10(5-12(19)16-13)8-18-4-2-3-9(7-18)14(20)21/h5-6,9H,2-4,7-8H2,1H3,(H,16,19)(H,20,21). The Kier molecular flexibility index (Phi) is 3.50. The first-order valence-electron chi connectivity index (χ1n) is 7.03. The summed E-state index contributed by atoms with van der Waals surface area (Å²) in [5.41, 5.74) is 1.44. The smallest absolute Gasteiger partial charge is 0.307 e. The summed E-state index contributed by atoms with van der Waals surface area (Å²) in [6, 6.07) is 1.58. The Hall–Kier alpha value is -2.15. The Morgan fingerprint density at radius 3 is 3.14 bits per heavy atom. The van der Waals surface area contributed by atoms with Crippen molar-refractivity contribution in [2.75, 3.05) is 13.1 Å². The van der Waals surface area contributed by atoms with Crippen LogP contribution in [0.2, 0.25) is 0 Å². The van der Waals surface area contributed by atoms with Crippen LogP contribution in [0.1, 0.15) is 18.4 Å². The molecule has 2 aromatic rings. The topological polar surface area (TPSA) is 91.2 Å². The predicted octanol–water partition coefficient (Wildman–Crippen LogP) is 0.558. The third-order valence-electron chi connectivity index (χ3n) is 4.08. The SMILES string of the molecule is Cn1ncc2c(CN3CCCC(C(=O)O)C3)cc(=O)[nH]c21. The Morgan fingerprint density at radius 2 is 2.38 bits per heavy atom. The lowest BCUT2D eigenvalue weighted by atomic mass is 9.98. The fourth-order valence-corrected chi connectivity index (χ4v) is 2.98. The molecule has 1 fully saturated rings. The highest BCUT2D eigenvalue weighted by molar-refractivity contribution is 5.78. The fourth-order valence-electron chi connectivity index (χ4n) is 2.98. The van der Waals surface area contributed by atoms with E-state index in [0.29, 0.717) is 18.7 Å². The van der Waals surface area contributed by atoms with Crippen molar-refractivity contribution in [1.29, 1.82) is 0 Å². The van der Waals surface area contributed by atoms with E-state index in [0.717, 1.165) is 30.3 Å². The minimum absolute atomic E-state index is 0.159. The number of nitrogens with zero attached hydrogens (tertiary/aromatic N) is 3. The summed E-state index contributed by atoms with van der Waals surface area (Å²) in [6.07, 6.45) is 3.33. The van der Waals surface area contributed by atoms with Gasteiger partial charge in [-0.2, -0.15) is 5.10 Å². The molecular formula is C14H18N4O3. The molecule has 7 heteroatoms. The van der Waals surface area contributed by atoms with Gasteiger partial charge in [0, 0.05) is 31.6 Å². The highest BCUT2D eigenvalue weighted by Gasteiger charge is 2.25. The molecule has 2 aromatic heterocycles. The van der Waals surface area contributed by atoms with Gasteiger partial charge in [-0.05, 0) is 24.9 Å². The molecule has 0 spiro atoms. The highest BCUT2D eigenvalue weighted by Crippen LogP contribution is 2.21. The summed E-state index contributed by atoms with van der Waals surface area (Å²) in [5, 5.41) is 14.2. The minimum atomic E-state index is -0.739. The number of hydrogen-bond acceptors (Lipinski definition) is 4. The second-order valence-corrected chi connectivity index (χ2v) is 5.60. The van der Waals surface area contributed by atoms with Gasteiger partial charge in [0.15, 0.2) is 0 Å². The number of rotatable bonds is 3. The first-order valence-corrected chi connectivity index (χ1v) is 7.03. The van der Waals surface area contributed by atoms with Gasteiger partial charge in [-0.3, -0.25) is 19.2 Å². The Morgan fingerprint density at radius 1 is 1.57 bits per heavy atom. The lowest BCUT2D eigenvalue weighted by molar-refractivity contribution is -0.143. The molecule has 7 nitrogen and oxygen atoms in total. The van der Waals surface area contributed by atoms with Crippen molar-refractivity contribution in [3.05, 3.63) is 28.2 Å². The summed E-state index contributed by atoms with van der Waals surface area (Å²) in [6.45, 7) is 1.97. The molecule has 0 aliphatic carbocycles. The lowest BCUT2D eigenvalue weighted by Gasteiger charge is -2.30. The molecule has 3 rings (SSSR count). The van der Waals surface area contributed by atoms with Gasteiger partial charge in [-0.25, -0.2) is 0 Å². The van der Waals surface area contributed by atoms with Crippen molar-refractivity contribution in [2.24, 2.45) is 13.0 Å². The number of carbonyl (C=O) groups is 1. The summed E-state index contributed by atoms with van der Waals surface area (Å²) in [4.78, 5) is 27.8. The van der Waals surface area contributed by atoms with Crippen molar-refractivity contribution in [3.63, 3.8) is 0 Å². The van der Waals surface area contributed by atoms with Crippen LogP contribution in [0.15, 0.2) is 17.1 Å². The van der Waals surface area contributed by atoms with Crippen molar-refractivity contribution in [1.82, 2.24) is 19.7 Å². The first kappa shape index (κ1) is 13.8. The Balaban J connectivity index is 1.88. The molecule has 1 atom stereocenters. The van der Waals surface area contributed by atoms with E-state index in [1.807, 2.05) is 0 Å². The second-order valence-electron chi connectivity index (χ2n) is 5.60. The average Bonchev–Trinajstić information content (AvgIpc) is 2.81. The maximum Gasteiger partial charge on any atom is 0.307 e. The molecule has 1 aliphatic heterocycles. The number of aromatic nitrogens is 3. The maximum absolute atomic E-state index is 11.8. The number of aliphatic carboxylic acids is 1. The summed E-state index contributed by atoms with van der Waals surface area (Å²) >= 11 is 0. The number of carboxylic acid groups (broad SMARTS) is 1. The minimum Gasteiger partial charge on any atom is -0.481 e. The van der Waals surface area contributed by atoms with Crippen molar-refractivity contribution < 1.29 is 9.90 Å². The Labute approximate surface area is 121 Å². The molecular weight excluding hydrogens is 272 g/mol. The number of pyridine rings is 1. The van der Waals surface area contributed by atoms with Crippen LogP contribution in [-0.2, 0) is 18.4 Å². The third kappa shape index (κ3) is 2.69. The molecule has 0 radical (unpaired) electrons. The van der Waals surface area contributed by atoms with E-state index < -0.39 is 5.97 Å². The average molecular weight is 290 g/mol. The van der Waals surface area contributed by atoms with Gasteiger partial charge in [0.1, 0.15) is 5.65 Å². The number of hydrogen-bond donors (Lipinski definition) is 2. The van der Waals surface area contributed by atoms with Crippen LogP contribution in [0.3, 0.4) is 0 Å². The zero-order chi connectivity index (χ0) is 15.0. The number of carboxylic acids is 1. The molecule has 0 saturated carbocycles. The lowest BCUT2D eigenvalue weighted by Crippen LogP contribution is -2.38. The van der Waals surface area contributed by atoms with Crippen LogP contribution in [0, 0.1) is 5.92 Å². The zero-order valence-electron chi connectivity index (χ0n) is 11.9. The van der Waals surface area contributed by atoms with Crippen LogP contribution in [-0.4, -0.2) is 43.8 Å². The van der Waals surface area contributed by atoms with Gasteiger partial charge >= 0.3 is 5.97 Å². The van der Waals surface area contributed by atoms with E-state index in [4.69, 9.17) is 5.11 Å². The molecule has 1 saturated heterocycles. The van der Waals surface area contributed by atoms with Gasteiger partial charge in [0.05, 0.1) is 12.1 Å². The summed E-state index contributed by atoms with van der Waals surface area (Å²) < 4.78 is 1.64. The highest BCUT2D eigenvalue weighted by atomic mass is 16.4. The van der Waals surface area contributed by atoms with Gasteiger partial charge in [-0.15, -0.1) is 0 Å². The number of likely N-dealkylation sites (tertiary alicyclic amines) is 1. The van der Waals surface area contributed by atoms with Gasteiger partial charge in [0.2, 0.25) is 5.56 Å². The molecule has 1 aliphatic rings. The van der Waals surface area contributed by atoms with Gasteiger partial charge in [0.25, 0.3) is 0 Å². The van der Waals surface area contributed by atoms with Crippen molar-refractivity contribution in [3.8, 4) is 0 Å². The van der Waals surface area contributed by atoms with Crippen molar-refractivity contribution >= 4 is 17.0 Å². The Bertz CT molecular complexity index is 733. The molecule has 0 amide bonds. The number of H-pyrrole nitrogens is 1. The molecule has 21 heavy (non-hydrogen) atoms. The largest absolute Gasteiger partial charge is 0.481 e. The van der Waals surface area contributed by atoms with E-state index in [2.05, 4.69) is 15.0 Å². The molecule has 2 N–H and O–H groups in total.